The standard InChI is InChI=1S/C17H27N3OS/c1-13(2)19(3)16-7-5-6-15(10-16)18-17(21)20-9-8-14(11-20)12-22-4/h5-7,10,13-14H,8-9,11-12H2,1-4H3,(H,18,21)/t14-/m0/s1. The van der Waals surface area contributed by atoms with Gasteiger partial charge in [0.05, 0.1) is 0 Å². The van der Waals surface area contributed by atoms with Crippen molar-refractivity contribution in [2.24, 2.45) is 5.92 Å². The van der Waals surface area contributed by atoms with Gasteiger partial charge in [-0.3, -0.25) is 0 Å². The number of amides is 2. The normalized spacial score (nSPS) is 17.9. The molecule has 1 aromatic carbocycles. The minimum absolute atomic E-state index is 0.0213. The Hall–Kier alpha value is -1.36. The number of carbonyl (C=O) groups is 1. The second-order valence-corrected chi connectivity index (χ2v) is 7.15. The van der Waals surface area contributed by atoms with Crippen molar-refractivity contribution in [3.05, 3.63) is 24.3 Å². The molecule has 0 aliphatic carbocycles. The van der Waals surface area contributed by atoms with Gasteiger partial charge in [-0.25, -0.2) is 4.79 Å². The van der Waals surface area contributed by atoms with Crippen molar-refractivity contribution >= 4 is 29.2 Å². The number of thioether (sulfide) groups is 1. The number of likely N-dealkylation sites (tertiary alicyclic amines) is 1. The van der Waals surface area contributed by atoms with Gasteiger partial charge in [-0.05, 0) is 56.4 Å². The van der Waals surface area contributed by atoms with Crippen molar-refractivity contribution in [1.82, 2.24) is 4.90 Å². The number of benzene rings is 1. The molecule has 1 aliphatic rings. The van der Waals surface area contributed by atoms with E-state index in [4.69, 9.17) is 0 Å². The van der Waals surface area contributed by atoms with Crippen molar-refractivity contribution in [1.29, 1.82) is 0 Å². The molecular weight excluding hydrogens is 294 g/mol. The third kappa shape index (κ3) is 4.32. The van der Waals surface area contributed by atoms with E-state index in [0.29, 0.717) is 12.0 Å². The lowest BCUT2D eigenvalue weighted by atomic mass is 10.2. The highest BCUT2D eigenvalue weighted by Crippen LogP contribution is 2.23. The molecule has 0 radical (unpaired) electrons. The Morgan fingerprint density at radius 1 is 1.50 bits per heavy atom. The Balaban J connectivity index is 1.96. The predicted octanol–water partition coefficient (Wildman–Crippen LogP) is 3.75. The highest BCUT2D eigenvalue weighted by molar-refractivity contribution is 7.98. The van der Waals surface area contributed by atoms with Crippen LogP contribution < -0.4 is 10.2 Å². The number of carbonyl (C=O) groups excluding carboxylic acids is 1. The zero-order valence-electron chi connectivity index (χ0n) is 14.0. The van der Waals surface area contributed by atoms with Gasteiger partial charge >= 0.3 is 6.03 Å². The molecule has 0 aromatic heterocycles. The van der Waals surface area contributed by atoms with E-state index in [1.807, 2.05) is 34.9 Å². The summed E-state index contributed by atoms with van der Waals surface area (Å²) in [5, 5.41) is 3.03. The van der Waals surface area contributed by atoms with Gasteiger partial charge in [-0.1, -0.05) is 6.07 Å². The van der Waals surface area contributed by atoms with Crippen LogP contribution in [0.5, 0.6) is 0 Å². The summed E-state index contributed by atoms with van der Waals surface area (Å²) in [5.41, 5.74) is 1.98. The third-order valence-corrected chi connectivity index (χ3v) is 5.06. The quantitative estimate of drug-likeness (QED) is 0.897. The molecule has 0 saturated carbocycles. The molecule has 22 heavy (non-hydrogen) atoms. The molecule has 1 N–H and O–H groups in total. The van der Waals surface area contributed by atoms with E-state index in [2.05, 4.69) is 43.4 Å². The average molecular weight is 321 g/mol. The smallest absolute Gasteiger partial charge is 0.321 e. The first-order valence-corrected chi connectivity index (χ1v) is 9.28. The van der Waals surface area contributed by atoms with Gasteiger partial charge in [-0.15, -0.1) is 0 Å². The van der Waals surface area contributed by atoms with Crippen molar-refractivity contribution in [2.75, 3.05) is 42.4 Å². The monoisotopic (exact) mass is 321 g/mol. The number of urea groups is 1. The zero-order valence-corrected chi connectivity index (χ0v) is 14.8. The second kappa shape index (κ2) is 7.77. The maximum Gasteiger partial charge on any atom is 0.321 e. The molecule has 5 heteroatoms. The minimum atomic E-state index is 0.0213. The molecular formula is C17H27N3OS. The van der Waals surface area contributed by atoms with Crippen LogP contribution in [-0.4, -0.2) is 49.1 Å². The fourth-order valence-corrected chi connectivity index (χ4v) is 3.44. The highest BCUT2D eigenvalue weighted by atomic mass is 32.2. The van der Waals surface area contributed by atoms with Crippen LogP contribution in [-0.2, 0) is 0 Å². The van der Waals surface area contributed by atoms with Gasteiger partial charge in [-0.2, -0.15) is 11.8 Å². The topological polar surface area (TPSA) is 35.6 Å². The lowest BCUT2D eigenvalue weighted by molar-refractivity contribution is 0.221. The van der Waals surface area contributed by atoms with Crippen LogP contribution in [0.3, 0.4) is 0 Å². The summed E-state index contributed by atoms with van der Waals surface area (Å²) < 4.78 is 0. The maximum atomic E-state index is 12.4. The summed E-state index contributed by atoms with van der Waals surface area (Å²) in [4.78, 5) is 16.5. The highest BCUT2D eigenvalue weighted by Gasteiger charge is 2.25. The number of hydrogen-bond acceptors (Lipinski definition) is 3. The number of nitrogens with zero attached hydrogens (tertiary/aromatic N) is 2. The average Bonchev–Trinajstić information content (AvgIpc) is 2.96. The van der Waals surface area contributed by atoms with Gasteiger partial charge in [0, 0.05) is 37.6 Å². The van der Waals surface area contributed by atoms with E-state index in [1.54, 1.807) is 0 Å². The third-order valence-electron chi connectivity index (χ3n) is 4.25. The first-order chi connectivity index (χ1) is 10.5. The van der Waals surface area contributed by atoms with E-state index in [9.17, 15) is 4.79 Å². The number of hydrogen-bond donors (Lipinski definition) is 1. The van der Waals surface area contributed by atoms with Gasteiger partial charge in [0.1, 0.15) is 0 Å². The van der Waals surface area contributed by atoms with Crippen LogP contribution in [0.2, 0.25) is 0 Å². The van der Waals surface area contributed by atoms with Crippen molar-refractivity contribution in [2.45, 2.75) is 26.3 Å². The van der Waals surface area contributed by atoms with Crippen LogP contribution >= 0.6 is 11.8 Å². The molecule has 0 spiro atoms. The summed E-state index contributed by atoms with van der Waals surface area (Å²) >= 11 is 1.86. The van der Waals surface area contributed by atoms with Crippen LogP contribution in [0, 0.1) is 5.92 Å². The lowest BCUT2D eigenvalue weighted by Gasteiger charge is -2.24. The van der Waals surface area contributed by atoms with Crippen LogP contribution in [0.15, 0.2) is 24.3 Å². The number of rotatable bonds is 5. The van der Waals surface area contributed by atoms with E-state index in [1.165, 1.54) is 0 Å². The summed E-state index contributed by atoms with van der Waals surface area (Å²) in [6, 6.07) is 8.49. The predicted molar refractivity (Wildman–Crippen MR) is 97.1 cm³/mol. The number of anilines is 2. The first-order valence-electron chi connectivity index (χ1n) is 7.89. The summed E-state index contributed by atoms with van der Waals surface area (Å²) in [6.45, 7) is 6.05. The van der Waals surface area contributed by atoms with Crippen molar-refractivity contribution in [3.63, 3.8) is 0 Å². The summed E-state index contributed by atoms with van der Waals surface area (Å²) in [7, 11) is 2.07. The molecule has 2 rings (SSSR count). The Bertz CT molecular complexity index is 506. The van der Waals surface area contributed by atoms with Gasteiger partial charge in [0.25, 0.3) is 0 Å². The minimum Gasteiger partial charge on any atom is -0.372 e. The molecule has 1 heterocycles. The van der Waals surface area contributed by atoms with E-state index in [0.717, 1.165) is 36.6 Å². The van der Waals surface area contributed by atoms with Gasteiger partial charge in [0.15, 0.2) is 0 Å². The Kier molecular flexibility index (Phi) is 6.00. The van der Waals surface area contributed by atoms with Crippen LogP contribution in [0.1, 0.15) is 20.3 Å². The van der Waals surface area contributed by atoms with E-state index in [-0.39, 0.29) is 6.03 Å². The van der Waals surface area contributed by atoms with Crippen LogP contribution in [0.25, 0.3) is 0 Å². The van der Waals surface area contributed by atoms with E-state index < -0.39 is 0 Å². The maximum absolute atomic E-state index is 12.4. The fourth-order valence-electron chi connectivity index (χ4n) is 2.69. The molecule has 0 unspecified atom stereocenters. The molecule has 4 nitrogen and oxygen atoms in total. The molecule has 122 valence electrons. The summed E-state index contributed by atoms with van der Waals surface area (Å²) in [5.74, 6) is 1.78. The zero-order chi connectivity index (χ0) is 16.1. The SMILES string of the molecule is CSC[C@H]1CCN(C(=O)Nc2cccc(N(C)C(C)C)c2)C1. The first kappa shape index (κ1) is 17.0. The molecule has 1 fully saturated rings. The fraction of sp³-hybridized carbons (Fsp3) is 0.588. The van der Waals surface area contributed by atoms with Crippen molar-refractivity contribution in [3.8, 4) is 0 Å². The Labute approximate surface area is 138 Å². The molecule has 0 bridgehead atoms. The van der Waals surface area contributed by atoms with Crippen LogP contribution in [0.4, 0.5) is 16.2 Å². The Morgan fingerprint density at radius 3 is 2.95 bits per heavy atom. The number of nitrogens with one attached hydrogen (secondary N) is 1. The van der Waals surface area contributed by atoms with E-state index >= 15 is 0 Å². The Morgan fingerprint density at radius 2 is 2.27 bits per heavy atom. The molecule has 1 atom stereocenters. The second-order valence-electron chi connectivity index (χ2n) is 6.24. The lowest BCUT2D eigenvalue weighted by Crippen LogP contribution is -2.33. The molecule has 2 amide bonds. The van der Waals surface area contributed by atoms with Gasteiger partial charge in [0.2, 0.25) is 0 Å². The van der Waals surface area contributed by atoms with Gasteiger partial charge < -0.3 is 15.1 Å². The molecule has 1 aromatic rings. The summed E-state index contributed by atoms with van der Waals surface area (Å²) in [6.07, 6.45) is 3.24. The molecule has 1 saturated heterocycles. The van der Waals surface area contributed by atoms with Crippen molar-refractivity contribution < 1.29 is 4.79 Å². The molecule has 1 aliphatic heterocycles. The largest absolute Gasteiger partial charge is 0.372 e.